The third-order valence-corrected chi connectivity index (χ3v) is 3.20. The van der Waals surface area contributed by atoms with Gasteiger partial charge in [-0.1, -0.05) is 0 Å². The fourth-order valence-corrected chi connectivity index (χ4v) is 2.13. The molecule has 2 aromatic rings. The van der Waals surface area contributed by atoms with Crippen LogP contribution in [0.25, 0.3) is 0 Å². The summed E-state index contributed by atoms with van der Waals surface area (Å²) in [7, 11) is 3.30. The van der Waals surface area contributed by atoms with E-state index in [4.69, 9.17) is 4.74 Å². The maximum atomic E-state index is 12.0. The first-order chi connectivity index (χ1) is 11.3. The van der Waals surface area contributed by atoms with E-state index in [1.165, 1.54) is 21.5 Å². The highest BCUT2D eigenvalue weighted by atomic mass is 16.5. The zero-order chi connectivity index (χ0) is 17.9. The Morgan fingerprint density at radius 2 is 1.83 bits per heavy atom. The molecule has 0 fully saturated rings. The van der Waals surface area contributed by atoms with Gasteiger partial charge in [0.15, 0.2) is 0 Å². The Balaban J connectivity index is 2.04. The number of rotatable bonds is 4. The second kappa shape index (κ2) is 6.99. The lowest BCUT2D eigenvalue weighted by Gasteiger charge is -2.05. The molecule has 0 saturated carbocycles. The van der Waals surface area contributed by atoms with E-state index in [0.29, 0.717) is 11.5 Å². The molecule has 2 amide bonds. The summed E-state index contributed by atoms with van der Waals surface area (Å²) in [5.74, 6) is -1.78. The number of nitrogens with zero attached hydrogens (tertiary/aromatic N) is 3. The Kier molecular flexibility index (Phi) is 5.02. The van der Waals surface area contributed by atoms with Gasteiger partial charge >= 0.3 is 17.8 Å². The minimum absolute atomic E-state index is 0.248. The molecule has 2 N–H and O–H groups in total. The number of aromatic nitrogens is 3. The molecule has 0 spiro atoms. The largest absolute Gasteiger partial charge is 0.461 e. The van der Waals surface area contributed by atoms with Crippen molar-refractivity contribution < 1.29 is 19.1 Å². The van der Waals surface area contributed by atoms with Crippen LogP contribution in [0.4, 0.5) is 11.5 Å². The van der Waals surface area contributed by atoms with Crippen molar-refractivity contribution in [3.8, 4) is 0 Å². The fraction of sp³-hybridized carbons (Fsp3) is 0.333. The van der Waals surface area contributed by atoms with Crippen LogP contribution in [0.5, 0.6) is 0 Å². The third kappa shape index (κ3) is 3.80. The molecule has 2 aromatic heterocycles. The van der Waals surface area contributed by atoms with Gasteiger partial charge in [0.2, 0.25) is 0 Å². The van der Waals surface area contributed by atoms with Crippen molar-refractivity contribution in [2.75, 3.05) is 17.2 Å². The average Bonchev–Trinajstić information content (AvgIpc) is 3.01. The topological polar surface area (TPSA) is 107 Å². The number of carbonyl (C=O) groups is 3. The number of carbonyl (C=O) groups excluding carboxylic acids is 3. The highest BCUT2D eigenvalue weighted by Gasteiger charge is 2.19. The number of nitrogens with one attached hydrogen (secondary N) is 2. The van der Waals surface area contributed by atoms with Gasteiger partial charge in [-0.25, -0.2) is 4.79 Å². The highest BCUT2D eigenvalue weighted by molar-refractivity contribution is 6.43. The van der Waals surface area contributed by atoms with Gasteiger partial charge in [-0.15, -0.1) is 0 Å². The van der Waals surface area contributed by atoms with E-state index in [-0.39, 0.29) is 12.3 Å². The number of aryl methyl sites for hydroxylation is 3. The number of hydrogen-bond donors (Lipinski definition) is 2. The smallest absolute Gasteiger partial charge is 0.355 e. The molecule has 0 bridgehead atoms. The van der Waals surface area contributed by atoms with Crippen LogP contribution in [-0.4, -0.2) is 38.7 Å². The van der Waals surface area contributed by atoms with Crippen molar-refractivity contribution in [2.24, 2.45) is 14.1 Å². The molecule has 128 valence electrons. The van der Waals surface area contributed by atoms with Gasteiger partial charge in [-0.3, -0.25) is 14.3 Å². The maximum Gasteiger partial charge on any atom is 0.355 e. The van der Waals surface area contributed by atoms with E-state index < -0.39 is 17.8 Å². The summed E-state index contributed by atoms with van der Waals surface area (Å²) in [5, 5.41) is 8.98. The molecule has 0 unspecified atom stereocenters. The van der Waals surface area contributed by atoms with Gasteiger partial charge in [0.1, 0.15) is 11.5 Å². The van der Waals surface area contributed by atoms with Crippen molar-refractivity contribution in [1.29, 1.82) is 0 Å². The molecule has 0 aromatic carbocycles. The monoisotopic (exact) mass is 333 g/mol. The van der Waals surface area contributed by atoms with Crippen LogP contribution in [0.2, 0.25) is 0 Å². The summed E-state index contributed by atoms with van der Waals surface area (Å²) in [6, 6.07) is 3.09. The van der Waals surface area contributed by atoms with Gasteiger partial charge in [-0.05, 0) is 19.9 Å². The lowest BCUT2D eigenvalue weighted by Crippen LogP contribution is -2.29. The van der Waals surface area contributed by atoms with Gasteiger partial charge in [-0.2, -0.15) is 5.10 Å². The predicted octanol–water partition coefficient (Wildman–Crippen LogP) is 0.821. The number of hydrogen-bond acceptors (Lipinski definition) is 5. The Morgan fingerprint density at radius 1 is 1.17 bits per heavy atom. The zero-order valence-electron chi connectivity index (χ0n) is 13.9. The Bertz CT molecular complexity index is 790. The molecule has 0 aliphatic heterocycles. The van der Waals surface area contributed by atoms with E-state index >= 15 is 0 Å². The molecule has 2 rings (SSSR count). The number of amides is 2. The van der Waals surface area contributed by atoms with Gasteiger partial charge in [0.25, 0.3) is 0 Å². The lowest BCUT2D eigenvalue weighted by molar-refractivity contribution is -0.133. The van der Waals surface area contributed by atoms with Gasteiger partial charge < -0.3 is 19.9 Å². The molecular formula is C15H19N5O4. The Morgan fingerprint density at radius 3 is 2.42 bits per heavy atom. The van der Waals surface area contributed by atoms with Crippen molar-refractivity contribution in [3.05, 3.63) is 29.7 Å². The summed E-state index contributed by atoms with van der Waals surface area (Å²) in [6.45, 7) is 3.73. The van der Waals surface area contributed by atoms with Crippen LogP contribution in [0.1, 0.15) is 23.1 Å². The summed E-state index contributed by atoms with van der Waals surface area (Å²) in [4.78, 5) is 35.7. The Hall–Kier alpha value is -3.10. The molecule has 9 heteroatoms. The first-order valence-corrected chi connectivity index (χ1v) is 7.28. The predicted molar refractivity (Wildman–Crippen MR) is 86.6 cm³/mol. The van der Waals surface area contributed by atoms with Crippen LogP contribution < -0.4 is 10.6 Å². The molecule has 0 aliphatic rings. The van der Waals surface area contributed by atoms with Crippen LogP contribution in [-0.2, 0) is 28.4 Å². The van der Waals surface area contributed by atoms with Crippen molar-refractivity contribution in [3.63, 3.8) is 0 Å². The molecule has 24 heavy (non-hydrogen) atoms. The number of anilines is 2. The van der Waals surface area contributed by atoms with Gasteiger partial charge in [0.05, 0.1) is 18.0 Å². The normalized spacial score (nSPS) is 10.3. The molecule has 0 atom stereocenters. The summed E-state index contributed by atoms with van der Waals surface area (Å²) in [6.07, 6.45) is 1.52. The molecule has 9 nitrogen and oxygen atoms in total. The van der Waals surface area contributed by atoms with Crippen molar-refractivity contribution in [1.82, 2.24) is 14.3 Å². The van der Waals surface area contributed by atoms with Crippen LogP contribution in [0.3, 0.4) is 0 Å². The zero-order valence-corrected chi connectivity index (χ0v) is 13.9. The second-order valence-electron chi connectivity index (χ2n) is 5.15. The van der Waals surface area contributed by atoms with Crippen LogP contribution in [0.15, 0.2) is 18.3 Å². The first kappa shape index (κ1) is 17.3. The standard InChI is InChI=1S/C15H19N5O4/c1-5-24-15(23)11-7-10(8-19(11)3)16-13(21)14(22)17-12-6-9(2)18-20(12)4/h6-8H,5H2,1-4H3,(H,16,21)(H,17,22). The van der Waals surface area contributed by atoms with E-state index in [9.17, 15) is 14.4 Å². The first-order valence-electron chi connectivity index (χ1n) is 7.28. The van der Waals surface area contributed by atoms with Crippen molar-refractivity contribution >= 4 is 29.3 Å². The number of esters is 1. The number of ether oxygens (including phenoxy) is 1. The maximum absolute atomic E-state index is 12.0. The van der Waals surface area contributed by atoms with E-state index in [1.807, 2.05) is 0 Å². The fourth-order valence-electron chi connectivity index (χ4n) is 2.13. The average molecular weight is 333 g/mol. The van der Waals surface area contributed by atoms with Gasteiger partial charge in [0, 0.05) is 26.4 Å². The van der Waals surface area contributed by atoms with Crippen molar-refractivity contribution in [2.45, 2.75) is 13.8 Å². The molecule has 0 saturated heterocycles. The molecule has 0 radical (unpaired) electrons. The minimum Gasteiger partial charge on any atom is -0.461 e. The van der Waals surface area contributed by atoms with E-state index in [0.717, 1.165) is 5.69 Å². The minimum atomic E-state index is -0.852. The molecular weight excluding hydrogens is 314 g/mol. The summed E-state index contributed by atoms with van der Waals surface area (Å²) < 4.78 is 7.88. The summed E-state index contributed by atoms with van der Waals surface area (Å²) >= 11 is 0. The van der Waals surface area contributed by atoms with Crippen LogP contribution >= 0.6 is 0 Å². The Labute approximate surface area is 138 Å². The second-order valence-corrected chi connectivity index (χ2v) is 5.15. The molecule has 2 heterocycles. The highest BCUT2D eigenvalue weighted by Crippen LogP contribution is 2.14. The summed E-state index contributed by atoms with van der Waals surface area (Å²) in [5.41, 5.74) is 1.31. The quantitative estimate of drug-likeness (QED) is 0.636. The lowest BCUT2D eigenvalue weighted by atomic mass is 10.4. The van der Waals surface area contributed by atoms with E-state index in [2.05, 4.69) is 15.7 Å². The third-order valence-electron chi connectivity index (χ3n) is 3.20. The van der Waals surface area contributed by atoms with E-state index in [1.54, 1.807) is 34.0 Å². The molecule has 0 aliphatic carbocycles. The SMILES string of the molecule is CCOC(=O)c1cc(NC(=O)C(=O)Nc2cc(C)nn2C)cn1C. The van der Waals surface area contributed by atoms with Crippen LogP contribution in [0, 0.1) is 6.92 Å².